The van der Waals surface area contributed by atoms with E-state index >= 15 is 0 Å². The number of halogens is 1. The monoisotopic (exact) mass is 428 g/mol. The highest BCUT2D eigenvalue weighted by atomic mass is 35.5. The van der Waals surface area contributed by atoms with Crippen molar-refractivity contribution in [2.75, 3.05) is 30.5 Å². The molecule has 0 spiro atoms. The topological polar surface area (TPSA) is 67.9 Å². The Labute approximate surface area is 181 Å². The highest BCUT2D eigenvalue weighted by Crippen LogP contribution is 2.37. The van der Waals surface area contributed by atoms with Crippen LogP contribution in [0.25, 0.3) is 6.08 Å². The van der Waals surface area contributed by atoms with Gasteiger partial charge in [-0.3, -0.25) is 9.59 Å². The molecule has 0 aliphatic carbocycles. The predicted molar refractivity (Wildman–Crippen MR) is 119 cm³/mol. The fourth-order valence-electron chi connectivity index (χ4n) is 3.21. The van der Waals surface area contributed by atoms with Crippen molar-refractivity contribution in [3.8, 4) is 11.5 Å². The van der Waals surface area contributed by atoms with Gasteiger partial charge in [0.25, 0.3) is 0 Å². The third-order valence-corrected chi connectivity index (χ3v) is 4.91. The molecule has 0 unspecified atom stereocenters. The SMILES string of the molecule is CCCOc1c(Cl)cc(/C=C/C(=O)Nc2cccc(N3CCCC3=O)c2)cc1OC. The van der Waals surface area contributed by atoms with Crippen molar-refractivity contribution < 1.29 is 19.1 Å². The number of carbonyl (C=O) groups excluding carboxylic acids is 2. The minimum absolute atomic E-state index is 0.107. The number of methoxy groups -OCH3 is 1. The van der Waals surface area contributed by atoms with E-state index in [-0.39, 0.29) is 11.8 Å². The van der Waals surface area contributed by atoms with E-state index < -0.39 is 0 Å². The molecule has 0 radical (unpaired) electrons. The van der Waals surface area contributed by atoms with Crippen LogP contribution < -0.4 is 19.7 Å². The second-order valence-electron chi connectivity index (χ2n) is 6.90. The number of hydrogen-bond donors (Lipinski definition) is 1. The number of carbonyl (C=O) groups is 2. The van der Waals surface area contributed by atoms with Crippen LogP contribution in [0, 0.1) is 0 Å². The van der Waals surface area contributed by atoms with Crippen molar-refractivity contribution in [1.29, 1.82) is 0 Å². The Hall–Kier alpha value is -2.99. The Morgan fingerprint density at radius 1 is 1.30 bits per heavy atom. The first kappa shape index (κ1) is 21.7. The molecule has 0 atom stereocenters. The fourth-order valence-corrected chi connectivity index (χ4v) is 3.48. The molecule has 2 aromatic carbocycles. The van der Waals surface area contributed by atoms with Crippen molar-refractivity contribution in [1.82, 2.24) is 0 Å². The Morgan fingerprint density at radius 2 is 2.13 bits per heavy atom. The highest BCUT2D eigenvalue weighted by Gasteiger charge is 2.21. The van der Waals surface area contributed by atoms with Gasteiger partial charge in [-0.1, -0.05) is 24.6 Å². The molecule has 7 heteroatoms. The zero-order chi connectivity index (χ0) is 21.5. The summed E-state index contributed by atoms with van der Waals surface area (Å²) in [5.74, 6) is 0.826. The van der Waals surface area contributed by atoms with E-state index in [1.165, 1.54) is 6.08 Å². The molecule has 2 amide bonds. The molecule has 3 rings (SSSR count). The molecular formula is C23H25ClN2O4. The van der Waals surface area contributed by atoms with Crippen LogP contribution in [0.5, 0.6) is 11.5 Å². The van der Waals surface area contributed by atoms with E-state index in [1.54, 1.807) is 42.4 Å². The van der Waals surface area contributed by atoms with Crippen LogP contribution in [0.4, 0.5) is 11.4 Å². The zero-order valence-corrected chi connectivity index (χ0v) is 17.9. The predicted octanol–water partition coefficient (Wildman–Crippen LogP) is 4.92. The standard InChI is InChI=1S/C23H25ClN2O4/c1-3-12-30-23-19(24)13-16(14-20(23)29-2)9-10-21(27)25-17-6-4-7-18(15-17)26-11-5-8-22(26)28/h4,6-7,9-10,13-15H,3,5,8,11-12H2,1-2H3,(H,25,27)/b10-9+. The van der Waals surface area contributed by atoms with Gasteiger partial charge in [0.15, 0.2) is 11.5 Å². The highest BCUT2D eigenvalue weighted by molar-refractivity contribution is 6.32. The van der Waals surface area contributed by atoms with Gasteiger partial charge in [-0.15, -0.1) is 0 Å². The second-order valence-corrected chi connectivity index (χ2v) is 7.31. The Balaban J connectivity index is 1.69. The van der Waals surface area contributed by atoms with Gasteiger partial charge in [-0.05, 0) is 54.8 Å². The third kappa shape index (κ3) is 5.33. The number of anilines is 2. The quantitative estimate of drug-likeness (QED) is 0.606. The largest absolute Gasteiger partial charge is 0.493 e. The molecule has 1 aliphatic heterocycles. The number of amides is 2. The molecule has 6 nitrogen and oxygen atoms in total. The molecule has 1 aliphatic rings. The van der Waals surface area contributed by atoms with Gasteiger partial charge in [0.2, 0.25) is 11.8 Å². The molecule has 1 saturated heterocycles. The molecule has 1 heterocycles. The van der Waals surface area contributed by atoms with Crippen molar-refractivity contribution >= 4 is 40.9 Å². The van der Waals surface area contributed by atoms with Crippen molar-refractivity contribution in [2.45, 2.75) is 26.2 Å². The van der Waals surface area contributed by atoms with Crippen molar-refractivity contribution in [3.63, 3.8) is 0 Å². The first-order valence-electron chi connectivity index (χ1n) is 9.91. The summed E-state index contributed by atoms with van der Waals surface area (Å²) < 4.78 is 11.0. The minimum atomic E-state index is -0.290. The fraction of sp³-hybridized carbons (Fsp3) is 0.304. The molecular weight excluding hydrogens is 404 g/mol. The smallest absolute Gasteiger partial charge is 0.248 e. The summed E-state index contributed by atoms with van der Waals surface area (Å²) in [6.07, 6.45) is 5.35. The summed E-state index contributed by atoms with van der Waals surface area (Å²) in [4.78, 5) is 26.0. The lowest BCUT2D eigenvalue weighted by atomic mass is 10.2. The molecule has 30 heavy (non-hydrogen) atoms. The second kappa shape index (κ2) is 10.2. The van der Waals surface area contributed by atoms with Crippen LogP contribution in [-0.2, 0) is 9.59 Å². The first-order chi connectivity index (χ1) is 14.5. The molecule has 0 saturated carbocycles. The lowest BCUT2D eigenvalue weighted by molar-refractivity contribution is -0.117. The van der Waals surface area contributed by atoms with Crippen LogP contribution in [0.15, 0.2) is 42.5 Å². The van der Waals surface area contributed by atoms with E-state index in [0.717, 1.165) is 18.5 Å². The lowest BCUT2D eigenvalue weighted by Gasteiger charge is -2.16. The van der Waals surface area contributed by atoms with Gasteiger partial charge >= 0.3 is 0 Å². The third-order valence-electron chi connectivity index (χ3n) is 4.63. The Morgan fingerprint density at radius 3 is 2.83 bits per heavy atom. The summed E-state index contributed by atoms with van der Waals surface area (Å²) in [6, 6.07) is 10.8. The van der Waals surface area contributed by atoms with E-state index in [2.05, 4.69) is 5.32 Å². The van der Waals surface area contributed by atoms with Gasteiger partial charge in [-0.2, -0.15) is 0 Å². The zero-order valence-electron chi connectivity index (χ0n) is 17.1. The van der Waals surface area contributed by atoms with Gasteiger partial charge < -0.3 is 19.7 Å². The van der Waals surface area contributed by atoms with E-state index in [0.29, 0.717) is 47.3 Å². The summed E-state index contributed by atoms with van der Waals surface area (Å²) >= 11 is 6.31. The van der Waals surface area contributed by atoms with Crippen LogP contribution >= 0.6 is 11.6 Å². The first-order valence-corrected chi connectivity index (χ1v) is 10.3. The average molecular weight is 429 g/mol. The maximum absolute atomic E-state index is 12.4. The number of nitrogens with one attached hydrogen (secondary N) is 1. The molecule has 1 N–H and O–H groups in total. The molecule has 2 aromatic rings. The van der Waals surface area contributed by atoms with Crippen molar-refractivity contribution in [2.24, 2.45) is 0 Å². The normalized spacial score (nSPS) is 13.7. The number of rotatable bonds is 8. The summed E-state index contributed by atoms with van der Waals surface area (Å²) in [5, 5.41) is 3.24. The van der Waals surface area contributed by atoms with Crippen molar-refractivity contribution in [3.05, 3.63) is 53.1 Å². The summed E-state index contributed by atoms with van der Waals surface area (Å²) in [7, 11) is 1.54. The van der Waals surface area contributed by atoms with E-state index in [4.69, 9.17) is 21.1 Å². The van der Waals surface area contributed by atoms with Gasteiger partial charge in [0.05, 0.1) is 18.7 Å². The van der Waals surface area contributed by atoms with Gasteiger partial charge in [0, 0.05) is 30.4 Å². The molecule has 0 aromatic heterocycles. The summed E-state index contributed by atoms with van der Waals surface area (Å²) in [5.41, 5.74) is 2.13. The Bertz CT molecular complexity index is 958. The van der Waals surface area contributed by atoms with Gasteiger partial charge in [-0.25, -0.2) is 0 Å². The number of hydrogen-bond acceptors (Lipinski definition) is 4. The van der Waals surface area contributed by atoms with Gasteiger partial charge in [0.1, 0.15) is 0 Å². The maximum atomic E-state index is 12.4. The van der Waals surface area contributed by atoms with Crippen LogP contribution in [0.1, 0.15) is 31.7 Å². The number of nitrogens with zero attached hydrogens (tertiary/aromatic N) is 1. The van der Waals surface area contributed by atoms with Crippen LogP contribution in [0.2, 0.25) is 5.02 Å². The molecule has 0 bridgehead atoms. The van der Waals surface area contributed by atoms with E-state index in [9.17, 15) is 9.59 Å². The van der Waals surface area contributed by atoms with Crippen LogP contribution in [0.3, 0.4) is 0 Å². The number of benzene rings is 2. The number of ether oxygens (including phenoxy) is 2. The maximum Gasteiger partial charge on any atom is 0.248 e. The molecule has 1 fully saturated rings. The van der Waals surface area contributed by atoms with Crippen LogP contribution in [-0.4, -0.2) is 32.1 Å². The summed E-state index contributed by atoms with van der Waals surface area (Å²) in [6.45, 7) is 3.25. The lowest BCUT2D eigenvalue weighted by Crippen LogP contribution is -2.23. The average Bonchev–Trinajstić information content (AvgIpc) is 3.17. The Kier molecular flexibility index (Phi) is 7.36. The van der Waals surface area contributed by atoms with E-state index in [1.807, 2.05) is 19.1 Å². The minimum Gasteiger partial charge on any atom is -0.493 e. The molecule has 158 valence electrons.